The summed E-state index contributed by atoms with van der Waals surface area (Å²) in [5, 5.41) is 11.9. The van der Waals surface area contributed by atoms with Crippen LogP contribution in [0, 0.1) is 11.3 Å². The number of hydrogen-bond acceptors (Lipinski definition) is 4. The number of nitrogens with zero attached hydrogens (tertiary/aromatic N) is 1. The van der Waals surface area contributed by atoms with Gasteiger partial charge in [-0.05, 0) is 37.6 Å². The Hall–Kier alpha value is -1.73. The van der Waals surface area contributed by atoms with E-state index >= 15 is 0 Å². The molecule has 1 unspecified atom stereocenters. The molecule has 0 fully saturated rings. The molecule has 1 N–H and O–H groups in total. The lowest BCUT2D eigenvalue weighted by molar-refractivity contribution is 0.171. The first kappa shape index (κ1) is 12.7. The summed E-state index contributed by atoms with van der Waals surface area (Å²) in [6, 6.07) is 8.45. The van der Waals surface area contributed by atoms with Crippen molar-refractivity contribution in [2.45, 2.75) is 25.8 Å². The second-order valence-electron chi connectivity index (χ2n) is 4.45. The smallest absolute Gasteiger partial charge is 0.161 e. The molecule has 1 aliphatic rings. The number of fused-ring (bicyclic) bond motifs is 1. The average molecular weight is 246 g/mol. The van der Waals surface area contributed by atoms with E-state index in [0.717, 1.165) is 24.5 Å². The maximum Gasteiger partial charge on any atom is 0.161 e. The van der Waals surface area contributed by atoms with E-state index in [0.29, 0.717) is 19.6 Å². The second kappa shape index (κ2) is 6.27. The average Bonchev–Trinajstić information content (AvgIpc) is 2.39. The standard InChI is InChI=1S/C14H18N2O2/c1-11(4-6-15)16-7-5-12-2-3-13-14(10-12)18-9-8-17-13/h2-3,10-11,16H,4-5,7-9H2,1H3. The first-order chi connectivity index (χ1) is 8.79. The molecule has 1 aromatic carbocycles. The van der Waals surface area contributed by atoms with Crippen molar-refractivity contribution in [2.24, 2.45) is 0 Å². The van der Waals surface area contributed by atoms with E-state index in [2.05, 4.69) is 17.5 Å². The third-order valence-corrected chi connectivity index (χ3v) is 2.91. The van der Waals surface area contributed by atoms with Crippen LogP contribution in [-0.2, 0) is 6.42 Å². The van der Waals surface area contributed by atoms with Gasteiger partial charge in [-0.15, -0.1) is 0 Å². The van der Waals surface area contributed by atoms with Crippen molar-refractivity contribution in [1.29, 1.82) is 5.26 Å². The molecule has 0 bridgehead atoms. The summed E-state index contributed by atoms with van der Waals surface area (Å²) in [5.41, 5.74) is 1.22. The number of rotatable bonds is 5. The third-order valence-electron chi connectivity index (χ3n) is 2.91. The van der Waals surface area contributed by atoms with Gasteiger partial charge in [0.1, 0.15) is 13.2 Å². The van der Waals surface area contributed by atoms with Crippen molar-refractivity contribution in [3.63, 3.8) is 0 Å². The zero-order chi connectivity index (χ0) is 12.8. The summed E-state index contributed by atoms with van der Waals surface area (Å²) in [4.78, 5) is 0. The maximum absolute atomic E-state index is 8.57. The molecular formula is C14H18N2O2. The lowest BCUT2D eigenvalue weighted by Crippen LogP contribution is -2.27. The van der Waals surface area contributed by atoms with Crippen LogP contribution in [0.5, 0.6) is 11.5 Å². The Balaban J connectivity index is 1.85. The summed E-state index contributed by atoms with van der Waals surface area (Å²) in [6.45, 7) is 4.13. The molecule has 0 aromatic heterocycles. The van der Waals surface area contributed by atoms with Crippen LogP contribution in [0.2, 0.25) is 0 Å². The highest BCUT2D eigenvalue weighted by molar-refractivity contribution is 5.43. The Morgan fingerprint density at radius 3 is 2.89 bits per heavy atom. The van der Waals surface area contributed by atoms with E-state index < -0.39 is 0 Å². The largest absolute Gasteiger partial charge is 0.486 e. The van der Waals surface area contributed by atoms with Gasteiger partial charge in [0.15, 0.2) is 11.5 Å². The Kier molecular flexibility index (Phi) is 4.43. The predicted molar refractivity (Wildman–Crippen MR) is 68.8 cm³/mol. The minimum absolute atomic E-state index is 0.243. The van der Waals surface area contributed by atoms with Crippen molar-refractivity contribution in [1.82, 2.24) is 5.32 Å². The third kappa shape index (κ3) is 3.38. The molecule has 0 radical (unpaired) electrons. The van der Waals surface area contributed by atoms with Crippen molar-refractivity contribution in [3.05, 3.63) is 23.8 Å². The van der Waals surface area contributed by atoms with Gasteiger partial charge in [-0.3, -0.25) is 0 Å². The van der Waals surface area contributed by atoms with Gasteiger partial charge in [-0.2, -0.15) is 5.26 Å². The highest BCUT2D eigenvalue weighted by Crippen LogP contribution is 2.30. The molecule has 0 saturated carbocycles. The molecule has 1 aromatic rings. The van der Waals surface area contributed by atoms with Crippen LogP contribution < -0.4 is 14.8 Å². The van der Waals surface area contributed by atoms with Gasteiger partial charge in [0, 0.05) is 6.04 Å². The molecule has 1 heterocycles. The summed E-state index contributed by atoms with van der Waals surface area (Å²) in [7, 11) is 0. The Morgan fingerprint density at radius 1 is 1.33 bits per heavy atom. The van der Waals surface area contributed by atoms with Crippen LogP contribution in [0.4, 0.5) is 0 Å². The van der Waals surface area contributed by atoms with Crippen LogP contribution in [0.3, 0.4) is 0 Å². The monoisotopic (exact) mass is 246 g/mol. The van der Waals surface area contributed by atoms with E-state index in [9.17, 15) is 0 Å². The lowest BCUT2D eigenvalue weighted by atomic mass is 10.1. The van der Waals surface area contributed by atoms with E-state index in [-0.39, 0.29) is 6.04 Å². The zero-order valence-corrected chi connectivity index (χ0v) is 10.6. The van der Waals surface area contributed by atoms with Crippen molar-refractivity contribution in [3.8, 4) is 17.6 Å². The molecule has 2 rings (SSSR count). The first-order valence-corrected chi connectivity index (χ1v) is 6.28. The predicted octanol–water partition coefficient (Wildman–Crippen LogP) is 1.89. The Bertz CT molecular complexity index is 440. The van der Waals surface area contributed by atoms with E-state index in [1.165, 1.54) is 5.56 Å². The van der Waals surface area contributed by atoms with Crippen LogP contribution in [0.1, 0.15) is 18.9 Å². The fourth-order valence-electron chi connectivity index (χ4n) is 1.92. The van der Waals surface area contributed by atoms with Gasteiger partial charge in [-0.25, -0.2) is 0 Å². The van der Waals surface area contributed by atoms with E-state index in [4.69, 9.17) is 14.7 Å². The van der Waals surface area contributed by atoms with Crippen LogP contribution >= 0.6 is 0 Å². The van der Waals surface area contributed by atoms with Crippen molar-refractivity contribution in [2.75, 3.05) is 19.8 Å². The molecule has 0 spiro atoms. The van der Waals surface area contributed by atoms with Gasteiger partial charge in [-0.1, -0.05) is 6.07 Å². The van der Waals surface area contributed by atoms with E-state index in [1.807, 2.05) is 19.1 Å². The second-order valence-corrected chi connectivity index (χ2v) is 4.45. The molecular weight excluding hydrogens is 228 g/mol. The lowest BCUT2D eigenvalue weighted by Gasteiger charge is -2.19. The molecule has 0 amide bonds. The van der Waals surface area contributed by atoms with Gasteiger partial charge in [0.25, 0.3) is 0 Å². The molecule has 96 valence electrons. The molecule has 18 heavy (non-hydrogen) atoms. The highest BCUT2D eigenvalue weighted by Gasteiger charge is 2.11. The summed E-state index contributed by atoms with van der Waals surface area (Å²) >= 11 is 0. The number of hydrogen-bond donors (Lipinski definition) is 1. The minimum Gasteiger partial charge on any atom is -0.486 e. The van der Waals surface area contributed by atoms with Gasteiger partial charge in [0.2, 0.25) is 0 Å². The quantitative estimate of drug-likeness (QED) is 0.862. The van der Waals surface area contributed by atoms with Gasteiger partial charge >= 0.3 is 0 Å². The van der Waals surface area contributed by atoms with Gasteiger partial charge < -0.3 is 14.8 Å². The topological polar surface area (TPSA) is 54.3 Å². The Morgan fingerprint density at radius 2 is 2.11 bits per heavy atom. The zero-order valence-electron chi connectivity index (χ0n) is 10.6. The fraction of sp³-hybridized carbons (Fsp3) is 0.500. The maximum atomic E-state index is 8.57. The van der Waals surface area contributed by atoms with Gasteiger partial charge in [0.05, 0.1) is 12.5 Å². The number of ether oxygens (including phenoxy) is 2. The van der Waals surface area contributed by atoms with Crippen LogP contribution in [-0.4, -0.2) is 25.8 Å². The molecule has 0 aliphatic carbocycles. The number of nitrogens with one attached hydrogen (secondary N) is 1. The van der Waals surface area contributed by atoms with Crippen LogP contribution in [0.25, 0.3) is 0 Å². The molecule has 0 saturated heterocycles. The van der Waals surface area contributed by atoms with Crippen molar-refractivity contribution < 1.29 is 9.47 Å². The van der Waals surface area contributed by atoms with Crippen molar-refractivity contribution >= 4 is 0 Å². The molecule has 4 heteroatoms. The number of benzene rings is 1. The summed E-state index contributed by atoms with van der Waals surface area (Å²) in [5.74, 6) is 1.67. The normalized spacial score (nSPS) is 14.9. The summed E-state index contributed by atoms with van der Waals surface area (Å²) in [6.07, 6.45) is 1.47. The highest BCUT2D eigenvalue weighted by atomic mass is 16.6. The fourth-order valence-corrected chi connectivity index (χ4v) is 1.92. The van der Waals surface area contributed by atoms with E-state index in [1.54, 1.807) is 0 Å². The molecule has 1 aliphatic heterocycles. The number of nitriles is 1. The Labute approximate surface area is 108 Å². The first-order valence-electron chi connectivity index (χ1n) is 6.28. The minimum atomic E-state index is 0.243. The molecule has 1 atom stereocenters. The summed E-state index contributed by atoms with van der Waals surface area (Å²) < 4.78 is 11.0. The van der Waals surface area contributed by atoms with Crippen LogP contribution in [0.15, 0.2) is 18.2 Å². The molecule has 4 nitrogen and oxygen atoms in total. The SMILES string of the molecule is CC(CC#N)NCCc1ccc2c(c1)OCCO2.